The number of hydrogen-bond acceptors (Lipinski definition) is 3. The Bertz CT molecular complexity index is 343. The summed E-state index contributed by atoms with van der Waals surface area (Å²) in [4.78, 5) is 0. The lowest BCUT2D eigenvalue weighted by Crippen LogP contribution is -2.38. The van der Waals surface area contributed by atoms with Crippen molar-refractivity contribution >= 4 is 0 Å². The Morgan fingerprint density at radius 2 is 2.18 bits per heavy atom. The molecule has 0 amide bonds. The average Bonchev–Trinajstić information content (AvgIpc) is 2.66. The molecule has 1 aromatic rings. The Morgan fingerprint density at radius 1 is 1.47 bits per heavy atom. The molecule has 0 aliphatic carbocycles. The molecule has 1 heterocycles. The molecular formula is C9H13F4N3O. The Balaban J connectivity index is 2.35. The van der Waals surface area contributed by atoms with Gasteiger partial charge in [-0.25, -0.2) is 8.78 Å². The van der Waals surface area contributed by atoms with Crippen LogP contribution in [-0.4, -0.2) is 40.4 Å². The summed E-state index contributed by atoms with van der Waals surface area (Å²) in [5, 5.41) is 14.7. The molecule has 0 unspecified atom stereocenters. The standard InChI is InChI=1S/C9H13F4N3O/c10-8(11)9(12,13)6-14-3-7-4-15-16(5-7)1-2-17/h4-5,8,14,17H,1-3,6H2. The van der Waals surface area contributed by atoms with Crippen LogP contribution < -0.4 is 5.32 Å². The third kappa shape index (κ3) is 4.31. The van der Waals surface area contributed by atoms with Gasteiger partial charge in [0.1, 0.15) is 0 Å². The summed E-state index contributed by atoms with van der Waals surface area (Å²) in [7, 11) is 0. The van der Waals surface area contributed by atoms with Gasteiger partial charge in [0.25, 0.3) is 0 Å². The molecule has 1 rings (SSSR count). The van der Waals surface area contributed by atoms with Crippen LogP contribution in [0, 0.1) is 0 Å². The molecule has 17 heavy (non-hydrogen) atoms. The van der Waals surface area contributed by atoms with Crippen LogP contribution >= 0.6 is 0 Å². The molecule has 0 aliphatic rings. The van der Waals surface area contributed by atoms with Gasteiger partial charge in [-0.05, 0) is 0 Å². The van der Waals surface area contributed by atoms with Crippen molar-refractivity contribution in [3.05, 3.63) is 18.0 Å². The number of aliphatic hydroxyl groups is 1. The van der Waals surface area contributed by atoms with Gasteiger partial charge in [0.05, 0.1) is 25.9 Å². The minimum absolute atomic E-state index is 0.0216. The van der Waals surface area contributed by atoms with E-state index in [4.69, 9.17) is 5.11 Å². The van der Waals surface area contributed by atoms with Crippen molar-refractivity contribution in [1.29, 1.82) is 0 Å². The second-order valence-electron chi connectivity index (χ2n) is 3.50. The Hall–Kier alpha value is -1.15. The summed E-state index contributed by atoms with van der Waals surface area (Å²) in [5.74, 6) is -4.03. The van der Waals surface area contributed by atoms with Crippen LogP contribution in [0.4, 0.5) is 17.6 Å². The molecule has 8 heteroatoms. The maximum Gasteiger partial charge on any atom is 0.319 e. The highest BCUT2D eigenvalue weighted by Gasteiger charge is 2.39. The van der Waals surface area contributed by atoms with Crippen LogP contribution in [0.1, 0.15) is 5.56 Å². The van der Waals surface area contributed by atoms with Gasteiger partial charge in [-0.3, -0.25) is 4.68 Å². The van der Waals surface area contributed by atoms with E-state index in [1.807, 2.05) is 0 Å². The maximum absolute atomic E-state index is 12.5. The molecule has 0 radical (unpaired) electrons. The monoisotopic (exact) mass is 255 g/mol. The van der Waals surface area contributed by atoms with Crippen LogP contribution in [0.5, 0.6) is 0 Å². The van der Waals surface area contributed by atoms with Crippen molar-refractivity contribution in [2.24, 2.45) is 0 Å². The number of aromatic nitrogens is 2. The largest absolute Gasteiger partial charge is 0.394 e. The fourth-order valence-corrected chi connectivity index (χ4v) is 1.17. The van der Waals surface area contributed by atoms with Crippen molar-refractivity contribution < 1.29 is 22.7 Å². The zero-order valence-electron chi connectivity index (χ0n) is 8.91. The third-order valence-electron chi connectivity index (χ3n) is 2.02. The lowest BCUT2D eigenvalue weighted by atomic mass is 10.3. The van der Waals surface area contributed by atoms with E-state index in [-0.39, 0.29) is 13.2 Å². The molecule has 0 saturated carbocycles. The molecule has 0 atom stereocenters. The fourth-order valence-electron chi connectivity index (χ4n) is 1.17. The van der Waals surface area contributed by atoms with E-state index >= 15 is 0 Å². The number of aliphatic hydroxyl groups excluding tert-OH is 1. The highest BCUT2D eigenvalue weighted by Crippen LogP contribution is 2.21. The summed E-state index contributed by atoms with van der Waals surface area (Å²) in [6.45, 7) is -0.852. The van der Waals surface area contributed by atoms with Crippen molar-refractivity contribution in [1.82, 2.24) is 15.1 Å². The van der Waals surface area contributed by atoms with Crippen molar-refractivity contribution in [3.8, 4) is 0 Å². The third-order valence-corrected chi connectivity index (χ3v) is 2.02. The summed E-state index contributed by atoms with van der Waals surface area (Å²) >= 11 is 0. The first-order chi connectivity index (χ1) is 7.95. The molecule has 0 spiro atoms. The Labute approximate surface area is 95.2 Å². The number of hydrogen-bond donors (Lipinski definition) is 2. The van der Waals surface area contributed by atoms with Gasteiger partial charge in [0.2, 0.25) is 0 Å². The molecule has 4 nitrogen and oxygen atoms in total. The molecule has 0 aliphatic heterocycles. The molecule has 0 aromatic carbocycles. The quantitative estimate of drug-likeness (QED) is 0.711. The summed E-state index contributed by atoms with van der Waals surface area (Å²) < 4.78 is 50.1. The van der Waals surface area contributed by atoms with Crippen LogP contribution in [0.15, 0.2) is 12.4 Å². The zero-order valence-corrected chi connectivity index (χ0v) is 8.91. The summed E-state index contributed by atoms with van der Waals surface area (Å²) in [6.07, 6.45) is -0.709. The highest BCUT2D eigenvalue weighted by molar-refractivity contribution is 5.03. The van der Waals surface area contributed by atoms with E-state index in [0.717, 1.165) is 0 Å². The van der Waals surface area contributed by atoms with Crippen LogP contribution in [0.2, 0.25) is 0 Å². The maximum atomic E-state index is 12.5. The smallest absolute Gasteiger partial charge is 0.319 e. The molecule has 0 saturated heterocycles. The van der Waals surface area contributed by atoms with E-state index in [2.05, 4.69) is 10.4 Å². The summed E-state index contributed by atoms with van der Waals surface area (Å²) in [5.41, 5.74) is 0.587. The fraction of sp³-hybridized carbons (Fsp3) is 0.667. The number of nitrogens with zero attached hydrogens (tertiary/aromatic N) is 2. The van der Waals surface area contributed by atoms with Gasteiger partial charge in [-0.1, -0.05) is 0 Å². The van der Waals surface area contributed by atoms with Gasteiger partial charge in [0, 0.05) is 18.3 Å². The Kier molecular flexibility index (Phi) is 4.88. The van der Waals surface area contributed by atoms with Crippen molar-refractivity contribution in [2.45, 2.75) is 25.4 Å². The topological polar surface area (TPSA) is 50.1 Å². The van der Waals surface area contributed by atoms with E-state index in [9.17, 15) is 17.6 Å². The lowest BCUT2D eigenvalue weighted by molar-refractivity contribution is -0.125. The Morgan fingerprint density at radius 3 is 2.76 bits per heavy atom. The summed E-state index contributed by atoms with van der Waals surface area (Å²) in [6, 6.07) is 0. The molecule has 0 bridgehead atoms. The predicted molar refractivity (Wildman–Crippen MR) is 52.0 cm³/mol. The van der Waals surface area contributed by atoms with Gasteiger partial charge in [-0.15, -0.1) is 0 Å². The van der Waals surface area contributed by atoms with E-state index in [1.165, 1.54) is 10.9 Å². The number of halogens is 4. The van der Waals surface area contributed by atoms with Crippen LogP contribution in [0.3, 0.4) is 0 Å². The van der Waals surface area contributed by atoms with E-state index in [0.29, 0.717) is 12.1 Å². The highest BCUT2D eigenvalue weighted by atomic mass is 19.3. The second-order valence-corrected chi connectivity index (χ2v) is 3.50. The minimum atomic E-state index is -4.03. The van der Waals surface area contributed by atoms with Gasteiger partial charge in [-0.2, -0.15) is 13.9 Å². The molecule has 2 N–H and O–H groups in total. The first-order valence-corrected chi connectivity index (χ1v) is 4.94. The van der Waals surface area contributed by atoms with Crippen LogP contribution in [-0.2, 0) is 13.1 Å². The number of nitrogens with one attached hydrogen (secondary N) is 1. The van der Waals surface area contributed by atoms with Crippen molar-refractivity contribution in [3.63, 3.8) is 0 Å². The lowest BCUT2D eigenvalue weighted by Gasteiger charge is -2.15. The normalized spacial score (nSPS) is 12.4. The van der Waals surface area contributed by atoms with Crippen LogP contribution in [0.25, 0.3) is 0 Å². The van der Waals surface area contributed by atoms with Gasteiger partial charge >= 0.3 is 12.3 Å². The first kappa shape index (κ1) is 13.9. The van der Waals surface area contributed by atoms with E-state index in [1.54, 1.807) is 6.20 Å². The van der Waals surface area contributed by atoms with Gasteiger partial charge < -0.3 is 10.4 Å². The average molecular weight is 255 g/mol. The zero-order chi connectivity index (χ0) is 12.9. The predicted octanol–water partition coefficient (Wildman–Crippen LogP) is 0.865. The van der Waals surface area contributed by atoms with Gasteiger partial charge in [0.15, 0.2) is 0 Å². The first-order valence-electron chi connectivity index (χ1n) is 4.94. The number of alkyl halides is 4. The minimum Gasteiger partial charge on any atom is -0.394 e. The number of rotatable bonds is 7. The molecular weight excluding hydrogens is 242 g/mol. The SMILES string of the molecule is OCCn1cc(CNCC(F)(F)C(F)F)cn1. The van der Waals surface area contributed by atoms with Crippen molar-refractivity contribution in [2.75, 3.05) is 13.2 Å². The van der Waals surface area contributed by atoms with E-state index < -0.39 is 18.9 Å². The molecule has 98 valence electrons. The second kappa shape index (κ2) is 5.97. The molecule has 0 fully saturated rings. The molecule has 1 aromatic heterocycles.